The maximum atomic E-state index is 3.54. The average Bonchev–Trinajstić information content (AvgIpc) is 2.46. The van der Waals surface area contributed by atoms with Gasteiger partial charge in [-0.1, -0.05) is 38.1 Å². The van der Waals surface area contributed by atoms with Crippen molar-refractivity contribution < 1.29 is 0 Å². The topological polar surface area (TPSA) is 24.1 Å². The van der Waals surface area contributed by atoms with Crippen molar-refractivity contribution >= 4 is 11.4 Å². The summed E-state index contributed by atoms with van der Waals surface area (Å²) in [6, 6.07) is 15.2. The first kappa shape index (κ1) is 14.4. The van der Waals surface area contributed by atoms with Gasteiger partial charge in [0.2, 0.25) is 0 Å². The summed E-state index contributed by atoms with van der Waals surface area (Å²) in [5.41, 5.74) is 6.34. The largest absolute Gasteiger partial charge is 0.388 e. The molecule has 0 fully saturated rings. The van der Waals surface area contributed by atoms with Crippen molar-refractivity contribution in [3.05, 3.63) is 59.2 Å². The van der Waals surface area contributed by atoms with Gasteiger partial charge in [0.05, 0.1) is 0 Å². The van der Waals surface area contributed by atoms with Crippen LogP contribution < -0.4 is 10.6 Å². The molecule has 2 aromatic rings. The predicted molar refractivity (Wildman–Crippen MR) is 88.6 cm³/mol. The lowest BCUT2D eigenvalue weighted by Gasteiger charge is -2.13. The van der Waals surface area contributed by atoms with E-state index < -0.39 is 0 Å². The van der Waals surface area contributed by atoms with E-state index >= 15 is 0 Å². The number of hydrogen-bond donors (Lipinski definition) is 2. The summed E-state index contributed by atoms with van der Waals surface area (Å²) in [6.07, 6.45) is 0. The summed E-state index contributed by atoms with van der Waals surface area (Å²) in [7, 11) is 1.94. The van der Waals surface area contributed by atoms with Crippen molar-refractivity contribution in [1.82, 2.24) is 0 Å². The fourth-order valence-corrected chi connectivity index (χ4v) is 2.18. The van der Waals surface area contributed by atoms with E-state index in [2.05, 4.69) is 73.9 Å². The lowest BCUT2D eigenvalue weighted by atomic mass is 10.0. The minimum atomic E-state index is 0.561. The molecule has 106 valence electrons. The smallest absolute Gasteiger partial charge is 0.0400 e. The molecule has 0 aliphatic carbocycles. The van der Waals surface area contributed by atoms with Crippen LogP contribution in [0.2, 0.25) is 0 Å². The highest BCUT2D eigenvalue weighted by Crippen LogP contribution is 2.23. The van der Waals surface area contributed by atoms with E-state index in [4.69, 9.17) is 0 Å². The molecule has 0 radical (unpaired) electrons. The molecule has 2 N–H and O–H groups in total. The number of aryl methyl sites for hydroxylation is 1. The third-order valence-corrected chi connectivity index (χ3v) is 3.65. The molecule has 0 saturated heterocycles. The van der Waals surface area contributed by atoms with E-state index in [1.165, 1.54) is 22.4 Å². The Morgan fingerprint density at radius 2 is 1.70 bits per heavy atom. The molecule has 0 spiro atoms. The molecule has 20 heavy (non-hydrogen) atoms. The van der Waals surface area contributed by atoms with Crippen LogP contribution in [0.1, 0.15) is 36.5 Å². The standard InChI is InChI=1S/C18H24N2/c1-13(2)16-8-5-14(3)18(11-16)20-12-15-6-9-17(19-4)10-7-15/h5-11,13,19-20H,12H2,1-4H3. The van der Waals surface area contributed by atoms with E-state index in [0.29, 0.717) is 5.92 Å². The molecule has 2 aromatic carbocycles. The summed E-state index contributed by atoms with van der Waals surface area (Å²) in [5, 5.41) is 6.68. The Labute approximate surface area is 122 Å². The fourth-order valence-electron chi connectivity index (χ4n) is 2.18. The Hall–Kier alpha value is -1.96. The van der Waals surface area contributed by atoms with Crippen LogP contribution >= 0.6 is 0 Å². The quantitative estimate of drug-likeness (QED) is 0.816. The van der Waals surface area contributed by atoms with Gasteiger partial charge in [-0.25, -0.2) is 0 Å². The first-order valence-electron chi connectivity index (χ1n) is 7.21. The summed E-state index contributed by atoms with van der Waals surface area (Å²) in [6.45, 7) is 7.46. The van der Waals surface area contributed by atoms with Gasteiger partial charge in [-0.3, -0.25) is 0 Å². The van der Waals surface area contributed by atoms with Crippen molar-refractivity contribution in [3.8, 4) is 0 Å². The summed E-state index contributed by atoms with van der Waals surface area (Å²) < 4.78 is 0. The van der Waals surface area contributed by atoms with Crippen LogP contribution in [0.3, 0.4) is 0 Å². The Bertz CT molecular complexity index is 556. The third kappa shape index (κ3) is 3.53. The molecule has 0 aliphatic heterocycles. The van der Waals surface area contributed by atoms with E-state index in [1.54, 1.807) is 0 Å². The predicted octanol–water partition coefficient (Wildman–Crippen LogP) is 4.77. The molecule has 2 rings (SSSR count). The second-order valence-corrected chi connectivity index (χ2v) is 5.53. The molecule has 0 saturated carbocycles. The molecule has 2 heteroatoms. The highest BCUT2D eigenvalue weighted by molar-refractivity contribution is 5.54. The average molecular weight is 268 g/mol. The van der Waals surface area contributed by atoms with Crippen LogP contribution in [0.15, 0.2) is 42.5 Å². The van der Waals surface area contributed by atoms with Gasteiger partial charge in [0.25, 0.3) is 0 Å². The first-order chi connectivity index (χ1) is 9.60. The van der Waals surface area contributed by atoms with Crippen LogP contribution in [-0.4, -0.2) is 7.05 Å². The molecule has 0 bridgehead atoms. The van der Waals surface area contributed by atoms with Crippen LogP contribution in [0, 0.1) is 6.92 Å². The van der Waals surface area contributed by atoms with Crippen molar-refractivity contribution in [1.29, 1.82) is 0 Å². The maximum Gasteiger partial charge on any atom is 0.0400 e. The number of anilines is 2. The van der Waals surface area contributed by atoms with Gasteiger partial charge in [-0.2, -0.15) is 0 Å². The maximum absolute atomic E-state index is 3.54. The van der Waals surface area contributed by atoms with Gasteiger partial charge in [0, 0.05) is 25.0 Å². The monoisotopic (exact) mass is 268 g/mol. The third-order valence-electron chi connectivity index (χ3n) is 3.65. The number of benzene rings is 2. The van der Waals surface area contributed by atoms with Crippen LogP contribution in [0.5, 0.6) is 0 Å². The lowest BCUT2D eigenvalue weighted by molar-refractivity contribution is 0.866. The van der Waals surface area contributed by atoms with Crippen molar-refractivity contribution in [2.45, 2.75) is 33.2 Å². The molecule has 0 heterocycles. The van der Waals surface area contributed by atoms with Gasteiger partial charge in [-0.05, 0) is 47.7 Å². The van der Waals surface area contributed by atoms with Crippen molar-refractivity contribution in [2.24, 2.45) is 0 Å². The van der Waals surface area contributed by atoms with E-state index in [9.17, 15) is 0 Å². The van der Waals surface area contributed by atoms with Crippen LogP contribution in [-0.2, 0) is 6.54 Å². The molecule has 0 amide bonds. The van der Waals surface area contributed by atoms with Gasteiger partial charge >= 0.3 is 0 Å². The van der Waals surface area contributed by atoms with Gasteiger partial charge in [0.15, 0.2) is 0 Å². The molecular formula is C18H24N2. The minimum Gasteiger partial charge on any atom is -0.388 e. The minimum absolute atomic E-state index is 0.561. The Morgan fingerprint density at radius 3 is 2.30 bits per heavy atom. The van der Waals surface area contributed by atoms with Crippen molar-refractivity contribution in [2.75, 3.05) is 17.7 Å². The van der Waals surface area contributed by atoms with Crippen LogP contribution in [0.4, 0.5) is 11.4 Å². The van der Waals surface area contributed by atoms with Crippen LogP contribution in [0.25, 0.3) is 0 Å². The summed E-state index contributed by atoms with van der Waals surface area (Å²) >= 11 is 0. The van der Waals surface area contributed by atoms with E-state index in [0.717, 1.165) is 12.2 Å². The van der Waals surface area contributed by atoms with E-state index in [-0.39, 0.29) is 0 Å². The normalized spacial score (nSPS) is 10.7. The first-order valence-corrected chi connectivity index (χ1v) is 7.21. The zero-order valence-corrected chi connectivity index (χ0v) is 12.8. The molecule has 0 aromatic heterocycles. The van der Waals surface area contributed by atoms with E-state index in [1.807, 2.05) is 7.05 Å². The van der Waals surface area contributed by atoms with Crippen molar-refractivity contribution in [3.63, 3.8) is 0 Å². The number of nitrogens with one attached hydrogen (secondary N) is 2. The molecule has 0 atom stereocenters. The molecule has 0 aliphatic rings. The Balaban J connectivity index is 2.07. The summed E-state index contributed by atoms with van der Waals surface area (Å²) in [5.74, 6) is 0.561. The lowest BCUT2D eigenvalue weighted by Crippen LogP contribution is -2.02. The molecular weight excluding hydrogens is 244 g/mol. The fraction of sp³-hybridized carbons (Fsp3) is 0.333. The second kappa shape index (κ2) is 6.47. The zero-order chi connectivity index (χ0) is 14.5. The molecule has 2 nitrogen and oxygen atoms in total. The highest BCUT2D eigenvalue weighted by Gasteiger charge is 2.03. The Morgan fingerprint density at radius 1 is 1.00 bits per heavy atom. The number of hydrogen-bond acceptors (Lipinski definition) is 2. The Kier molecular flexibility index (Phi) is 4.67. The zero-order valence-electron chi connectivity index (χ0n) is 12.8. The van der Waals surface area contributed by atoms with Gasteiger partial charge in [-0.15, -0.1) is 0 Å². The SMILES string of the molecule is CNc1ccc(CNc2cc(C(C)C)ccc2C)cc1. The second-order valence-electron chi connectivity index (χ2n) is 5.53. The highest BCUT2D eigenvalue weighted by atomic mass is 14.9. The summed E-state index contributed by atoms with van der Waals surface area (Å²) in [4.78, 5) is 0. The number of rotatable bonds is 5. The van der Waals surface area contributed by atoms with Gasteiger partial charge in [0.1, 0.15) is 0 Å². The molecule has 0 unspecified atom stereocenters. The van der Waals surface area contributed by atoms with Gasteiger partial charge < -0.3 is 10.6 Å².